The molecule has 2 aromatic rings. The number of nitrogens with zero attached hydrogens (tertiary/aromatic N) is 1. The number of hydrogen-bond acceptors (Lipinski definition) is 5. The van der Waals surface area contributed by atoms with Crippen LogP contribution in [-0.4, -0.2) is 55.4 Å². The lowest BCUT2D eigenvalue weighted by Crippen LogP contribution is -2.52. The summed E-state index contributed by atoms with van der Waals surface area (Å²) < 4.78 is 24.2. The second kappa shape index (κ2) is 11.0. The summed E-state index contributed by atoms with van der Waals surface area (Å²) >= 11 is 0. The molecule has 4 rings (SSSR count). The van der Waals surface area contributed by atoms with E-state index in [0.29, 0.717) is 36.8 Å². The van der Waals surface area contributed by atoms with Gasteiger partial charge < -0.3 is 23.8 Å². The van der Waals surface area contributed by atoms with Gasteiger partial charge in [-0.25, -0.2) is 0 Å². The van der Waals surface area contributed by atoms with Gasteiger partial charge in [-0.2, -0.15) is 0 Å². The first-order valence-electron chi connectivity index (χ1n) is 12.8. The van der Waals surface area contributed by atoms with Gasteiger partial charge in [-0.3, -0.25) is 4.79 Å². The summed E-state index contributed by atoms with van der Waals surface area (Å²) in [5, 5.41) is 0. The Kier molecular flexibility index (Phi) is 8.02. The van der Waals surface area contributed by atoms with Crippen molar-refractivity contribution in [3.63, 3.8) is 0 Å². The minimum atomic E-state index is -0.269. The van der Waals surface area contributed by atoms with Gasteiger partial charge in [0.1, 0.15) is 0 Å². The zero-order chi connectivity index (χ0) is 25.0. The predicted molar refractivity (Wildman–Crippen MR) is 136 cm³/mol. The van der Waals surface area contributed by atoms with Crippen molar-refractivity contribution in [1.29, 1.82) is 0 Å². The van der Waals surface area contributed by atoms with E-state index in [2.05, 4.69) is 38.1 Å². The van der Waals surface area contributed by atoms with E-state index >= 15 is 0 Å². The Morgan fingerprint density at radius 2 is 1.89 bits per heavy atom. The molecule has 2 aliphatic rings. The first-order chi connectivity index (χ1) is 16.8. The van der Waals surface area contributed by atoms with Crippen LogP contribution in [0.2, 0.25) is 0 Å². The molecule has 35 heavy (non-hydrogen) atoms. The maximum Gasteiger partial charge on any atom is 0.253 e. The van der Waals surface area contributed by atoms with Crippen LogP contribution in [0.3, 0.4) is 0 Å². The number of aryl methyl sites for hydroxylation is 1. The van der Waals surface area contributed by atoms with Crippen molar-refractivity contribution < 1.29 is 23.7 Å². The lowest BCUT2D eigenvalue weighted by Gasteiger charge is -2.49. The van der Waals surface area contributed by atoms with E-state index in [-0.39, 0.29) is 29.8 Å². The molecule has 6 heteroatoms. The molecule has 6 nitrogen and oxygen atoms in total. The highest BCUT2D eigenvalue weighted by Crippen LogP contribution is 2.44. The van der Waals surface area contributed by atoms with Gasteiger partial charge in [0.2, 0.25) is 0 Å². The van der Waals surface area contributed by atoms with Crippen LogP contribution in [0.15, 0.2) is 42.5 Å². The lowest BCUT2D eigenvalue weighted by molar-refractivity contribution is -0.190. The first kappa shape index (κ1) is 25.5. The van der Waals surface area contributed by atoms with Crippen molar-refractivity contribution in [3.8, 4) is 11.5 Å². The Morgan fingerprint density at radius 3 is 2.54 bits per heavy atom. The van der Waals surface area contributed by atoms with Gasteiger partial charge in [0.05, 0.1) is 31.0 Å². The molecule has 2 atom stereocenters. The van der Waals surface area contributed by atoms with E-state index < -0.39 is 0 Å². The van der Waals surface area contributed by atoms with Gasteiger partial charge in [0, 0.05) is 38.1 Å². The standard InChI is InChI=1S/C29H39NO5/c1-6-33-23-18-26(24-10-8-7-9-21(24)4)35-29(19-23)13-15-30(16-14-29)28(31)22-11-12-25(34-20(2)3)27(17-22)32-5/h7-12,17,20,23,26H,6,13-16,18-19H2,1-5H3/t23-,26+/m1/s1. The molecule has 1 spiro atoms. The second-order valence-corrected chi connectivity index (χ2v) is 9.99. The normalized spacial score (nSPS) is 21.8. The Bertz CT molecular complexity index is 1010. The largest absolute Gasteiger partial charge is 0.493 e. The molecule has 0 saturated carbocycles. The summed E-state index contributed by atoms with van der Waals surface area (Å²) in [6.07, 6.45) is 3.56. The molecule has 190 valence electrons. The third-order valence-corrected chi connectivity index (χ3v) is 7.14. The molecule has 2 saturated heterocycles. The third kappa shape index (κ3) is 5.81. The van der Waals surface area contributed by atoms with Gasteiger partial charge in [-0.1, -0.05) is 24.3 Å². The van der Waals surface area contributed by atoms with Crippen molar-refractivity contribution in [3.05, 3.63) is 59.2 Å². The summed E-state index contributed by atoms with van der Waals surface area (Å²) in [4.78, 5) is 15.3. The number of methoxy groups -OCH3 is 1. The fourth-order valence-corrected chi connectivity index (χ4v) is 5.41. The number of rotatable bonds is 7. The maximum absolute atomic E-state index is 13.3. The second-order valence-electron chi connectivity index (χ2n) is 9.99. The van der Waals surface area contributed by atoms with Gasteiger partial charge in [0.25, 0.3) is 5.91 Å². The zero-order valence-electron chi connectivity index (χ0n) is 21.7. The zero-order valence-corrected chi connectivity index (χ0v) is 21.7. The van der Waals surface area contributed by atoms with Crippen LogP contribution in [0.5, 0.6) is 11.5 Å². The minimum Gasteiger partial charge on any atom is -0.493 e. The predicted octanol–water partition coefficient (Wildman–Crippen LogP) is 5.72. The van der Waals surface area contributed by atoms with Crippen LogP contribution in [-0.2, 0) is 9.47 Å². The molecule has 0 radical (unpaired) electrons. The average molecular weight is 482 g/mol. The molecule has 0 aromatic heterocycles. The number of benzene rings is 2. The Labute approximate surface area is 209 Å². The molecule has 0 unspecified atom stereocenters. The molecule has 2 heterocycles. The highest BCUT2D eigenvalue weighted by molar-refractivity contribution is 5.95. The molecular weight excluding hydrogens is 442 g/mol. The molecule has 0 N–H and O–H groups in total. The van der Waals surface area contributed by atoms with Crippen LogP contribution in [0.4, 0.5) is 0 Å². The van der Waals surface area contributed by atoms with Crippen LogP contribution < -0.4 is 9.47 Å². The quantitative estimate of drug-likeness (QED) is 0.506. The molecular formula is C29H39NO5. The highest BCUT2D eigenvalue weighted by Gasteiger charge is 2.45. The summed E-state index contributed by atoms with van der Waals surface area (Å²) in [6.45, 7) is 10.1. The average Bonchev–Trinajstić information content (AvgIpc) is 2.84. The van der Waals surface area contributed by atoms with Gasteiger partial charge in [-0.15, -0.1) is 0 Å². The van der Waals surface area contributed by atoms with E-state index in [9.17, 15) is 4.79 Å². The first-order valence-corrected chi connectivity index (χ1v) is 12.8. The van der Waals surface area contributed by atoms with Crippen molar-refractivity contribution in [1.82, 2.24) is 4.90 Å². The molecule has 1 amide bonds. The van der Waals surface area contributed by atoms with E-state index in [1.165, 1.54) is 11.1 Å². The van der Waals surface area contributed by atoms with E-state index in [1.807, 2.05) is 30.9 Å². The highest BCUT2D eigenvalue weighted by atomic mass is 16.5. The van der Waals surface area contributed by atoms with Crippen LogP contribution in [0, 0.1) is 6.92 Å². The third-order valence-electron chi connectivity index (χ3n) is 7.14. The number of piperidine rings is 1. The van der Waals surface area contributed by atoms with Gasteiger partial charge >= 0.3 is 0 Å². The number of ether oxygens (including phenoxy) is 4. The number of likely N-dealkylation sites (tertiary alicyclic amines) is 1. The summed E-state index contributed by atoms with van der Waals surface area (Å²) in [7, 11) is 1.60. The Morgan fingerprint density at radius 1 is 1.14 bits per heavy atom. The molecule has 2 aromatic carbocycles. The minimum absolute atomic E-state index is 0.0153. The lowest BCUT2D eigenvalue weighted by atomic mass is 9.80. The fourth-order valence-electron chi connectivity index (χ4n) is 5.41. The Hall–Kier alpha value is -2.57. The van der Waals surface area contributed by atoms with Crippen LogP contribution in [0.1, 0.15) is 74.0 Å². The van der Waals surface area contributed by atoms with Crippen molar-refractivity contribution >= 4 is 5.91 Å². The van der Waals surface area contributed by atoms with E-state index in [0.717, 1.165) is 25.7 Å². The fraction of sp³-hybridized carbons (Fsp3) is 0.552. The van der Waals surface area contributed by atoms with Crippen LogP contribution >= 0.6 is 0 Å². The van der Waals surface area contributed by atoms with Gasteiger partial charge in [0.15, 0.2) is 11.5 Å². The topological polar surface area (TPSA) is 57.2 Å². The molecule has 0 bridgehead atoms. The number of carbonyl (C=O) groups is 1. The summed E-state index contributed by atoms with van der Waals surface area (Å²) in [5.41, 5.74) is 2.83. The number of hydrogen-bond donors (Lipinski definition) is 0. The number of carbonyl (C=O) groups excluding carboxylic acids is 1. The smallest absolute Gasteiger partial charge is 0.253 e. The van der Waals surface area contributed by atoms with Crippen molar-refractivity contribution in [2.24, 2.45) is 0 Å². The van der Waals surface area contributed by atoms with Crippen molar-refractivity contribution in [2.75, 3.05) is 26.8 Å². The SMILES string of the molecule is CCO[C@@H]1C[C@@H](c2ccccc2C)OC2(CCN(C(=O)c3ccc(OC(C)C)c(OC)c3)CC2)C1. The number of amides is 1. The molecule has 2 fully saturated rings. The summed E-state index contributed by atoms with van der Waals surface area (Å²) in [6, 6.07) is 13.9. The molecule has 0 aliphatic carbocycles. The van der Waals surface area contributed by atoms with Crippen LogP contribution in [0.25, 0.3) is 0 Å². The monoisotopic (exact) mass is 481 g/mol. The Balaban J connectivity index is 1.47. The van der Waals surface area contributed by atoms with E-state index in [1.54, 1.807) is 13.2 Å². The maximum atomic E-state index is 13.3. The van der Waals surface area contributed by atoms with E-state index in [4.69, 9.17) is 18.9 Å². The van der Waals surface area contributed by atoms with Crippen molar-refractivity contribution in [2.45, 2.75) is 77.3 Å². The summed E-state index contributed by atoms with van der Waals surface area (Å²) in [5.74, 6) is 1.24. The van der Waals surface area contributed by atoms with Gasteiger partial charge in [-0.05, 0) is 69.9 Å². The molecule has 2 aliphatic heterocycles.